The summed E-state index contributed by atoms with van der Waals surface area (Å²) in [6, 6.07) is 2.51. The number of halogens is 1. The van der Waals surface area contributed by atoms with Crippen LogP contribution < -0.4 is 5.32 Å². The molecule has 0 aromatic heterocycles. The van der Waals surface area contributed by atoms with Gasteiger partial charge in [-0.05, 0) is 12.1 Å². The molecule has 0 aliphatic rings. The Morgan fingerprint density at radius 3 is 2.05 bits per heavy atom. The van der Waals surface area contributed by atoms with Crippen LogP contribution in [0.1, 0.15) is 27.6 Å². The zero-order valence-corrected chi connectivity index (χ0v) is 11.3. The summed E-state index contributed by atoms with van der Waals surface area (Å²) < 4.78 is 9.12. The fourth-order valence-corrected chi connectivity index (χ4v) is 1.65. The molecule has 1 aromatic rings. The molecule has 0 spiro atoms. The lowest BCUT2D eigenvalue weighted by molar-refractivity contribution is -0.114. The number of esters is 2. The highest BCUT2D eigenvalue weighted by atomic mass is 35.5. The van der Waals surface area contributed by atoms with Crippen LogP contribution >= 0.6 is 11.6 Å². The minimum absolute atomic E-state index is 0.0127. The van der Waals surface area contributed by atoms with Gasteiger partial charge in [-0.25, -0.2) is 9.59 Å². The Kier molecular flexibility index (Phi) is 4.88. The molecule has 0 saturated carbocycles. The monoisotopic (exact) mass is 285 g/mol. The summed E-state index contributed by atoms with van der Waals surface area (Å²) in [7, 11) is 2.38. The number of benzene rings is 1. The van der Waals surface area contributed by atoms with Gasteiger partial charge in [0, 0.05) is 6.92 Å². The first-order chi connectivity index (χ1) is 8.90. The van der Waals surface area contributed by atoms with Crippen LogP contribution in [0, 0.1) is 0 Å². The lowest BCUT2D eigenvalue weighted by atomic mass is 10.1. The topological polar surface area (TPSA) is 81.7 Å². The van der Waals surface area contributed by atoms with Crippen molar-refractivity contribution in [1.82, 2.24) is 0 Å². The summed E-state index contributed by atoms with van der Waals surface area (Å²) in [5.74, 6) is -1.78. The Morgan fingerprint density at radius 2 is 1.58 bits per heavy atom. The van der Waals surface area contributed by atoms with Gasteiger partial charge in [-0.15, -0.1) is 0 Å². The predicted molar refractivity (Wildman–Crippen MR) is 68.4 cm³/mol. The minimum Gasteiger partial charge on any atom is -0.465 e. The van der Waals surface area contributed by atoms with Crippen molar-refractivity contribution in [2.24, 2.45) is 0 Å². The lowest BCUT2D eigenvalue weighted by Crippen LogP contribution is -2.14. The van der Waals surface area contributed by atoms with Gasteiger partial charge in [0.2, 0.25) is 5.91 Å². The van der Waals surface area contributed by atoms with Crippen molar-refractivity contribution in [2.75, 3.05) is 19.5 Å². The maximum atomic E-state index is 11.6. The molecule has 0 heterocycles. The molecule has 0 aliphatic carbocycles. The first-order valence-corrected chi connectivity index (χ1v) is 5.56. The van der Waals surface area contributed by atoms with Crippen LogP contribution in [0.15, 0.2) is 12.1 Å². The Balaban J connectivity index is 3.40. The number of carbonyl (C=O) groups is 3. The number of hydrogen-bond donors (Lipinski definition) is 1. The van der Waals surface area contributed by atoms with Crippen LogP contribution in [-0.2, 0) is 14.3 Å². The molecule has 6 nitrogen and oxygen atoms in total. The summed E-state index contributed by atoms with van der Waals surface area (Å²) in [4.78, 5) is 34.2. The highest BCUT2D eigenvalue weighted by Gasteiger charge is 2.20. The normalized spacial score (nSPS) is 9.68. The number of nitrogens with one attached hydrogen (secondary N) is 1. The number of amides is 1. The van der Waals surface area contributed by atoms with E-state index in [0.717, 1.165) is 0 Å². The second-order valence-corrected chi connectivity index (χ2v) is 3.95. The molecular formula is C12H12ClNO5. The predicted octanol–water partition coefficient (Wildman–Crippen LogP) is 1.87. The summed E-state index contributed by atoms with van der Waals surface area (Å²) in [6.45, 7) is 1.28. The van der Waals surface area contributed by atoms with Crippen molar-refractivity contribution in [2.45, 2.75) is 6.92 Å². The lowest BCUT2D eigenvalue weighted by Gasteiger charge is -2.11. The van der Waals surface area contributed by atoms with Crippen molar-refractivity contribution >= 4 is 35.1 Å². The zero-order valence-electron chi connectivity index (χ0n) is 10.6. The zero-order chi connectivity index (χ0) is 14.6. The number of rotatable bonds is 3. The summed E-state index contributed by atoms with van der Waals surface area (Å²) in [5.41, 5.74) is 0.193. The summed E-state index contributed by atoms with van der Waals surface area (Å²) in [5, 5.41) is 2.50. The van der Waals surface area contributed by atoms with Crippen LogP contribution in [0.4, 0.5) is 5.69 Å². The largest absolute Gasteiger partial charge is 0.465 e. The number of ether oxygens (including phenoxy) is 2. The molecule has 1 rings (SSSR count). The first-order valence-electron chi connectivity index (χ1n) is 5.18. The van der Waals surface area contributed by atoms with Gasteiger partial charge in [-0.2, -0.15) is 0 Å². The molecule has 1 aromatic carbocycles. The highest BCUT2D eigenvalue weighted by molar-refractivity contribution is 6.34. The third kappa shape index (κ3) is 3.45. The quantitative estimate of drug-likeness (QED) is 0.857. The van der Waals surface area contributed by atoms with E-state index in [1.807, 2.05) is 0 Å². The fraction of sp³-hybridized carbons (Fsp3) is 0.250. The van der Waals surface area contributed by atoms with E-state index in [0.29, 0.717) is 0 Å². The van der Waals surface area contributed by atoms with Crippen molar-refractivity contribution in [1.29, 1.82) is 0 Å². The molecule has 0 saturated heterocycles. The third-order valence-corrected chi connectivity index (χ3v) is 2.54. The summed E-state index contributed by atoms with van der Waals surface area (Å²) >= 11 is 5.90. The van der Waals surface area contributed by atoms with E-state index in [1.165, 1.54) is 33.3 Å². The molecule has 7 heteroatoms. The second kappa shape index (κ2) is 6.19. The molecule has 0 aliphatic heterocycles. The van der Waals surface area contributed by atoms with Gasteiger partial charge in [0.25, 0.3) is 0 Å². The molecule has 0 fully saturated rings. The molecule has 19 heavy (non-hydrogen) atoms. The van der Waals surface area contributed by atoms with E-state index < -0.39 is 11.9 Å². The third-order valence-electron chi connectivity index (χ3n) is 2.23. The van der Waals surface area contributed by atoms with Crippen molar-refractivity contribution in [3.05, 3.63) is 28.3 Å². The molecule has 1 amide bonds. The standard InChI is InChI=1S/C12H12ClNO5/c1-6(15)14-10-5-9(13)7(11(16)18-2)4-8(10)12(17)19-3/h4-5H,1-3H3,(H,14,15). The average Bonchev–Trinajstić information content (AvgIpc) is 2.36. The smallest absolute Gasteiger partial charge is 0.340 e. The van der Waals surface area contributed by atoms with Crippen molar-refractivity contribution in [3.8, 4) is 0 Å². The number of methoxy groups -OCH3 is 2. The Hall–Kier alpha value is -2.08. The van der Waals surface area contributed by atoms with Gasteiger partial charge in [-0.3, -0.25) is 4.79 Å². The van der Waals surface area contributed by atoms with Crippen molar-refractivity contribution in [3.63, 3.8) is 0 Å². The molecule has 102 valence electrons. The van der Waals surface area contributed by atoms with Gasteiger partial charge >= 0.3 is 11.9 Å². The maximum absolute atomic E-state index is 11.6. The molecule has 0 bridgehead atoms. The molecule has 1 N–H and O–H groups in total. The van der Waals surface area contributed by atoms with E-state index in [2.05, 4.69) is 14.8 Å². The van der Waals surface area contributed by atoms with Crippen LogP contribution in [0.25, 0.3) is 0 Å². The van der Waals surface area contributed by atoms with Crippen LogP contribution in [0.5, 0.6) is 0 Å². The average molecular weight is 286 g/mol. The van der Waals surface area contributed by atoms with Gasteiger partial charge in [0.15, 0.2) is 0 Å². The van der Waals surface area contributed by atoms with E-state index in [9.17, 15) is 14.4 Å². The fourth-order valence-electron chi connectivity index (χ4n) is 1.41. The number of anilines is 1. The van der Waals surface area contributed by atoms with E-state index in [1.54, 1.807) is 0 Å². The van der Waals surface area contributed by atoms with Crippen molar-refractivity contribution < 1.29 is 23.9 Å². The van der Waals surface area contributed by atoms with Crippen LogP contribution in [0.3, 0.4) is 0 Å². The van der Waals surface area contributed by atoms with Gasteiger partial charge in [-0.1, -0.05) is 11.6 Å². The Bertz CT molecular complexity index is 541. The molecular weight excluding hydrogens is 274 g/mol. The second-order valence-electron chi connectivity index (χ2n) is 3.54. The van der Waals surface area contributed by atoms with Crippen LogP contribution in [0.2, 0.25) is 5.02 Å². The SMILES string of the molecule is COC(=O)c1cc(C(=O)OC)c(NC(C)=O)cc1Cl. The molecule has 0 radical (unpaired) electrons. The summed E-state index contributed by atoms with van der Waals surface area (Å²) in [6.07, 6.45) is 0. The molecule has 0 atom stereocenters. The maximum Gasteiger partial charge on any atom is 0.340 e. The van der Waals surface area contributed by atoms with Gasteiger partial charge in [0.1, 0.15) is 0 Å². The first kappa shape index (κ1) is 15.0. The Morgan fingerprint density at radius 1 is 1.05 bits per heavy atom. The van der Waals surface area contributed by atoms with Gasteiger partial charge in [0.05, 0.1) is 36.1 Å². The van der Waals surface area contributed by atoms with E-state index >= 15 is 0 Å². The number of hydrogen-bond acceptors (Lipinski definition) is 5. The van der Waals surface area contributed by atoms with Crippen LogP contribution in [-0.4, -0.2) is 32.1 Å². The highest BCUT2D eigenvalue weighted by Crippen LogP contribution is 2.27. The van der Waals surface area contributed by atoms with E-state index in [-0.39, 0.29) is 27.7 Å². The Labute approximate surface area is 114 Å². The minimum atomic E-state index is -0.703. The van der Waals surface area contributed by atoms with Gasteiger partial charge < -0.3 is 14.8 Å². The number of carbonyl (C=O) groups excluding carboxylic acids is 3. The molecule has 0 unspecified atom stereocenters. The van der Waals surface area contributed by atoms with E-state index in [4.69, 9.17) is 11.6 Å².